The molecule has 27 heavy (non-hydrogen) atoms. The third kappa shape index (κ3) is 3.94. The zero-order chi connectivity index (χ0) is 19.6. The number of rotatable bonds is 3. The first kappa shape index (κ1) is 18.9. The van der Waals surface area contributed by atoms with E-state index in [0.717, 1.165) is 23.1 Å². The molecule has 1 aliphatic rings. The SMILES string of the molecule is CNC(=O)c1ccc(Cc2cc3c(cc2C)OCC[C@H](C)N(C)C3=O)cn1. The van der Waals surface area contributed by atoms with Crippen molar-refractivity contribution in [1.82, 2.24) is 15.2 Å². The molecule has 0 bridgehead atoms. The molecule has 2 amide bonds. The van der Waals surface area contributed by atoms with Crippen molar-refractivity contribution in [3.63, 3.8) is 0 Å². The van der Waals surface area contributed by atoms with E-state index in [9.17, 15) is 9.59 Å². The number of carbonyl (C=O) groups is 2. The van der Waals surface area contributed by atoms with E-state index in [1.807, 2.05) is 39.1 Å². The van der Waals surface area contributed by atoms with Crippen LogP contribution in [-0.2, 0) is 6.42 Å². The van der Waals surface area contributed by atoms with Crippen molar-refractivity contribution in [2.24, 2.45) is 0 Å². The molecule has 1 aromatic heterocycles. The highest BCUT2D eigenvalue weighted by molar-refractivity contribution is 5.97. The summed E-state index contributed by atoms with van der Waals surface area (Å²) in [5, 5.41) is 2.56. The maximum absolute atomic E-state index is 12.9. The standard InChI is InChI=1S/C21H25N3O3/c1-13-9-19-17(21(26)24(4)14(2)7-8-27-19)11-16(13)10-15-5-6-18(23-12-15)20(25)22-3/h5-6,9,11-12,14H,7-8,10H2,1-4H3,(H,22,25)/t14-/m0/s1. The van der Waals surface area contributed by atoms with Gasteiger partial charge in [0.15, 0.2) is 0 Å². The van der Waals surface area contributed by atoms with E-state index in [1.54, 1.807) is 24.2 Å². The number of aryl methyl sites for hydroxylation is 1. The highest BCUT2D eigenvalue weighted by atomic mass is 16.5. The summed E-state index contributed by atoms with van der Waals surface area (Å²) in [5.74, 6) is 0.415. The Hall–Kier alpha value is -2.89. The summed E-state index contributed by atoms with van der Waals surface area (Å²) in [6.07, 6.45) is 3.14. The lowest BCUT2D eigenvalue weighted by Crippen LogP contribution is -2.38. The van der Waals surface area contributed by atoms with Crippen molar-refractivity contribution in [3.05, 3.63) is 58.4 Å². The summed E-state index contributed by atoms with van der Waals surface area (Å²) < 4.78 is 5.85. The highest BCUT2D eigenvalue weighted by Gasteiger charge is 2.25. The van der Waals surface area contributed by atoms with Crippen molar-refractivity contribution in [2.45, 2.75) is 32.7 Å². The predicted molar refractivity (Wildman–Crippen MR) is 103 cm³/mol. The molecule has 2 aromatic rings. The van der Waals surface area contributed by atoms with E-state index in [-0.39, 0.29) is 17.9 Å². The zero-order valence-corrected chi connectivity index (χ0v) is 16.2. The average Bonchev–Trinajstić information content (AvgIpc) is 2.67. The van der Waals surface area contributed by atoms with Crippen LogP contribution in [0.1, 0.15) is 50.9 Å². The fraction of sp³-hybridized carbons (Fsp3) is 0.381. The molecule has 0 saturated heterocycles. The number of amides is 2. The van der Waals surface area contributed by atoms with Crippen LogP contribution in [0.4, 0.5) is 0 Å². The second-order valence-corrected chi connectivity index (χ2v) is 6.98. The molecule has 6 nitrogen and oxygen atoms in total. The molecule has 0 aliphatic carbocycles. The van der Waals surface area contributed by atoms with Gasteiger partial charge in [-0.3, -0.25) is 14.6 Å². The Kier molecular flexibility index (Phi) is 5.44. The van der Waals surface area contributed by atoms with Gasteiger partial charge in [0, 0.05) is 32.8 Å². The first-order valence-corrected chi connectivity index (χ1v) is 9.11. The molecule has 142 valence electrons. The van der Waals surface area contributed by atoms with Gasteiger partial charge in [0.1, 0.15) is 11.4 Å². The number of fused-ring (bicyclic) bond motifs is 1. The molecule has 0 unspecified atom stereocenters. The minimum absolute atomic E-state index is 0.0217. The van der Waals surface area contributed by atoms with Crippen molar-refractivity contribution in [2.75, 3.05) is 20.7 Å². The minimum atomic E-state index is -0.210. The van der Waals surface area contributed by atoms with E-state index in [4.69, 9.17) is 4.74 Å². The van der Waals surface area contributed by atoms with Crippen molar-refractivity contribution >= 4 is 11.8 Å². The first-order chi connectivity index (χ1) is 12.9. The van der Waals surface area contributed by atoms with Crippen LogP contribution in [0, 0.1) is 6.92 Å². The number of nitrogens with zero attached hydrogens (tertiary/aromatic N) is 2. The molecule has 3 rings (SSSR count). The molecular formula is C21H25N3O3. The topological polar surface area (TPSA) is 71.5 Å². The average molecular weight is 367 g/mol. The van der Waals surface area contributed by atoms with Crippen molar-refractivity contribution in [3.8, 4) is 5.75 Å². The van der Waals surface area contributed by atoms with Gasteiger partial charge in [-0.2, -0.15) is 0 Å². The summed E-state index contributed by atoms with van der Waals surface area (Å²) in [6.45, 7) is 4.64. The molecule has 2 heterocycles. The van der Waals surface area contributed by atoms with Crippen LogP contribution in [0.5, 0.6) is 5.75 Å². The molecule has 0 radical (unpaired) electrons. The Morgan fingerprint density at radius 3 is 2.81 bits per heavy atom. The number of ether oxygens (including phenoxy) is 1. The largest absolute Gasteiger partial charge is 0.493 e. The molecule has 0 spiro atoms. The Labute approximate surface area is 159 Å². The molecule has 0 fully saturated rings. The van der Waals surface area contributed by atoms with E-state index < -0.39 is 0 Å². The summed E-state index contributed by atoms with van der Waals surface area (Å²) in [6, 6.07) is 7.60. The molecule has 6 heteroatoms. The van der Waals surface area contributed by atoms with Crippen LogP contribution in [0.15, 0.2) is 30.5 Å². The van der Waals surface area contributed by atoms with Gasteiger partial charge in [-0.1, -0.05) is 6.07 Å². The van der Waals surface area contributed by atoms with E-state index >= 15 is 0 Å². The number of aromatic nitrogens is 1. The summed E-state index contributed by atoms with van der Waals surface area (Å²) >= 11 is 0. The fourth-order valence-electron chi connectivity index (χ4n) is 3.14. The van der Waals surface area contributed by atoms with Crippen LogP contribution in [0.25, 0.3) is 0 Å². The molecular weight excluding hydrogens is 342 g/mol. The van der Waals surface area contributed by atoms with Gasteiger partial charge < -0.3 is 15.0 Å². The normalized spacial score (nSPS) is 16.8. The Balaban J connectivity index is 1.91. The first-order valence-electron chi connectivity index (χ1n) is 9.11. The van der Waals surface area contributed by atoms with Crippen LogP contribution in [0.2, 0.25) is 0 Å². The zero-order valence-electron chi connectivity index (χ0n) is 16.2. The van der Waals surface area contributed by atoms with Crippen LogP contribution < -0.4 is 10.1 Å². The Morgan fingerprint density at radius 1 is 1.37 bits per heavy atom. The third-order valence-electron chi connectivity index (χ3n) is 5.12. The van der Waals surface area contributed by atoms with E-state index in [0.29, 0.717) is 30.0 Å². The van der Waals surface area contributed by atoms with Crippen molar-refractivity contribution < 1.29 is 14.3 Å². The quantitative estimate of drug-likeness (QED) is 0.905. The Bertz CT molecular complexity index is 862. The van der Waals surface area contributed by atoms with Gasteiger partial charge in [-0.05, 0) is 55.2 Å². The van der Waals surface area contributed by atoms with Gasteiger partial charge >= 0.3 is 0 Å². The van der Waals surface area contributed by atoms with Gasteiger partial charge in [0.25, 0.3) is 11.8 Å². The Morgan fingerprint density at radius 2 is 2.15 bits per heavy atom. The summed E-state index contributed by atoms with van der Waals surface area (Å²) in [4.78, 5) is 30.5. The molecule has 1 N–H and O–H groups in total. The monoisotopic (exact) mass is 367 g/mol. The van der Waals surface area contributed by atoms with E-state index in [1.165, 1.54) is 0 Å². The van der Waals surface area contributed by atoms with Crippen LogP contribution in [-0.4, -0.2) is 48.4 Å². The minimum Gasteiger partial charge on any atom is -0.493 e. The fourth-order valence-corrected chi connectivity index (χ4v) is 3.14. The van der Waals surface area contributed by atoms with Crippen LogP contribution in [0.3, 0.4) is 0 Å². The number of benzene rings is 1. The number of pyridine rings is 1. The molecule has 1 atom stereocenters. The maximum atomic E-state index is 12.9. The number of hydrogen-bond donors (Lipinski definition) is 1. The number of hydrogen-bond acceptors (Lipinski definition) is 4. The van der Waals surface area contributed by atoms with Gasteiger partial charge in [-0.15, -0.1) is 0 Å². The van der Waals surface area contributed by atoms with Crippen LogP contribution >= 0.6 is 0 Å². The number of nitrogens with one attached hydrogen (secondary N) is 1. The second-order valence-electron chi connectivity index (χ2n) is 6.98. The van der Waals surface area contributed by atoms with Gasteiger partial charge in [-0.25, -0.2) is 0 Å². The van der Waals surface area contributed by atoms with Gasteiger partial charge in [0.2, 0.25) is 0 Å². The third-order valence-corrected chi connectivity index (χ3v) is 5.12. The maximum Gasteiger partial charge on any atom is 0.269 e. The lowest BCUT2D eigenvalue weighted by Gasteiger charge is -2.29. The molecule has 0 saturated carbocycles. The molecule has 1 aliphatic heterocycles. The highest BCUT2D eigenvalue weighted by Crippen LogP contribution is 2.29. The smallest absolute Gasteiger partial charge is 0.269 e. The predicted octanol–water partition coefficient (Wildman–Crippen LogP) is 2.58. The lowest BCUT2D eigenvalue weighted by molar-refractivity contribution is 0.0700. The summed E-state index contributed by atoms with van der Waals surface area (Å²) in [5.41, 5.74) is 4.07. The second kappa shape index (κ2) is 7.78. The van der Waals surface area contributed by atoms with Gasteiger partial charge in [0.05, 0.1) is 12.2 Å². The van der Waals surface area contributed by atoms with E-state index in [2.05, 4.69) is 10.3 Å². The molecule has 1 aromatic carbocycles. The number of carbonyl (C=O) groups excluding carboxylic acids is 2. The lowest BCUT2D eigenvalue weighted by atomic mass is 9.97. The summed E-state index contributed by atoms with van der Waals surface area (Å²) in [7, 11) is 3.42. The van der Waals surface area contributed by atoms with Crippen molar-refractivity contribution in [1.29, 1.82) is 0 Å².